The highest BCUT2D eigenvalue weighted by Crippen LogP contribution is 2.30. The van der Waals surface area contributed by atoms with E-state index in [0.717, 1.165) is 9.99 Å². The first-order chi connectivity index (χ1) is 16.8. The Balaban J connectivity index is 1.57. The van der Waals surface area contributed by atoms with Gasteiger partial charge in [0.2, 0.25) is 0 Å². The van der Waals surface area contributed by atoms with Gasteiger partial charge in [-0.15, -0.1) is 6.58 Å². The molecular weight excluding hydrogens is 489 g/mol. The zero-order chi connectivity index (χ0) is 25.0. The largest absolute Gasteiger partial charge is 0.368 e. The number of hydrogen-bond donors (Lipinski definition) is 0. The Morgan fingerprint density at radius 1 is 1.00 bits per heavy atom. The van der Waals surface area contributed by atoms with Gasteiger partial charge in [-0.25, -0.2) is 12.8 Å². The van der Waals surface area contributed by atoms with Crippen LogP contribution in [0.4, 0.5) is 15.8 Å². The van der Waals surface area contributed by atoms with Crippen molar-refractivity contribution in [3.8, 4) is 0 Å². The Morgan fingerprint density at radius 3 is 2.29 bits per heavy atom. The molecule has 0 aliphatic carbocycles. The molecule has 0 spiro atoms. The third-order valence-electron chi connectivity index (χ3n) is 5.84. The lowest BCUT2D eigenvalue weighted by molar-refractivity contribution is 0.0746. The van der Waals surface area contributed by atoms with Gasteiger partial charge in [-0.05, 0) is 54.6 Å². The van der Waals surface area contributed by atoms with Crippen LogP contribution in [0.5, 0.6) is 0 Å². The minimum absolute atomic E-state index is 0.00776. The number of sulfonamides is 1. The molecule has 0 saturated carbocycles. The molecule has 6 nitrogen and oxygen atoms in total. The second-order valence-electron chi connectivity index (χ2n) is 8.06. The number of rotatable bonds is 7. The number of para-hydroxylation sites is 1. The molecule has 0 atom stereocenters. The van der Waals surface area contributed by atoms with E-state index in [0.29, 0.717) is 26.2 Å². The van der Waals surface area contributed by atoms with Gasteiger partial charge in [-0.3, -0.25) is 9.10 Å². The maximum absolute atomic E-state index is 13.5. The second kappa shape index (κ2) is 10.5. The van der Waals surface area contributed by atoms with E-state index in [1.165, 1.54) is 48.5 Å². The van der Waals surface area contributed by atoms with Crippen LogP contribution in [0.2, 0.25) is 5.02 Å². The summed E-state index contributed by atoms with van der Waals surface area (Å²) in [4.78, 5) is 17.0. The predicted molar refractivity (Wildman–Crippen MR) is 137 cm³/mol. The minimum Gasteiger partial charge on any atom is -0.368 e. The van der Waals surface area contributed by atoms with Crippen molar-refractivity contribution in [3.63, 3.8) is 0 Å². The summed E-state index contributed by atoms with van der Waals surface area (Å²) in [6.45, 7) is 5.95. The van der Waals surface area contributed by atoms with Crippen LogP contribution >= 0.6 is 11.6 Å². The predicted octanol–water partition coefficient (Wildman–Crippen LogP) is 4.82. The van der Waals surface area contributed by atoms with Crippen molar-refractivity contribution >= 4 is 38.9 Å². The lowest BCUT2D eigenvalue weighted by Gasteiger charge is -2.36. The van der Waals surface area contributed by atoms with Crippen LogP contribution in [0, 0.1) is 5.82 Å². The molecule has 182 valence electrons. The average molecular weight is 514 g/mol. The van der Waals surface area contributed by atoms with Crippen molar-refractivity contribution in [2.24, 2.45) is 0 Å². The third kappa shape index (κ3) is 5.33. The van der Waals surface area contributed by atoms with Gasteiger partial charge in [0.1, 0.15) is 10.7 Å². The first kappa shape index (κ1) is 24.8. The Morgan fingerprint density at radius 2 is 1.66 bits per heavy atom. The number of halogens is 2. The molecule has 1 fully saturated rings. The van der Waals surface area contributed by atoms with E-state index < -0.39 is 15.8 Å². The molecule has 4 rings (SSSR count). The maximum atomic E-state index is 13.5. The van der Waals surface area contributed by atoms with Crippen LogP contribution in [0.1, 0.15) is 10.4 Å². The van der Waals surface area contributed by atoms with Crippen LogP contribution in [0.3, 0.4) is 0 Å². The van der Waals surface area contributed by atoms with Gasteiger partial charge < -0.3 is 9.80 Å². The number of carbonyl (C=O) groups excluding carboxylic acids is 1. The first-order valence-electron chi connectivity index (χ1n) is 11.1. The molecule has 1 aliphatic heterocycles. The van der Waals surface area contributed by atoms with Crippen LogP contribution in [0.25, 0.3) is 0 Å². The minimum atomic E-state index is -4.16. The summed E-state index contributed by atoms with van der Waals surface area (Å²) in [5.74, 6) is -0.745. The quantitative estimate of drug-likeness (QED) is 0.425. The van der Waals surface area contributed by atoms with E-state index in [2.05, 4.69) is 11.5 Å². The maximum Gasteiger partial charge on any atom is 0.266 e. The van der Waals surface area contributed by atoms with Crippen molar-refractivity contribution in [2.45, 2.75) is 4.90 Å². The summed E-state index contributed by atoms with van der Waals surface area (Å²) in [5, 5.41) is -0.00776. The molecule has 0 bridgehead atoms. The Bertz CT molecular complexity index is 1310. The summed E-state index contributed by atoms with van der Waals surface area (Å²) in [6.07, 6.45) is 1.43. The van der Waals surface area contributed by atoms with E-state index in [9.17, 15) is 17.6 Å². The van der Waals surface area contributed by atoms with Crippen LogP contribution in [-0.2, 0) is 10.0 Å². The topological polar surface area (TPSA) is 60.9 Å². The van der Waals surface area contributed by atoms with E-state index in [4.69, 9.17) is 11.6 Å². The fraction of sp³-hybridized carbons (Fsp3) is 0.192. The van der Waals surface area contributed by atoms with Crippen molar-refractivity contribution in [2.75, 3.05) is 41.9 Å². The van der Waals surface area contributed by atoms with Crippen molar-refractivity contribution < 1.29 is 17.6 Å². The summed E-state index contributed by atoms with van der Waals surface area (Å²) < 4.78 is 41.6. The van der Waals surface area contributed by atoms with E-state index in [1.807, 2.05) is 30.3 Å². The number of anilines is 2. The van der Waals surface area contributed by atoms with Gasteiger partial charge in [0.05, 0.1) is 17.3 Å². The molecule has 3 aromatic rings. The number of hydrogen-bond acceptors (Lipinski definition) is 4. The average Bonchev–Trinajstić information content (AvgIpc) is 2.88. The highest BCUT2D eigenvalue weighted by atomic mass is 35.5. The zero-order valence-electron chi connectivity index (χ0n) is 19.0. The Hall–Kier alpha value is -3.36. The molecule has 0 N–H and O–H groups in total. The molecular formula is C26H25ClFN3O3S. The van der Waals surface area contributed by atoms with Gasteiger partial charge in [0.15, 0.2) is 0 Å². The molecule has 0 aromatic heterocycles. The summed E-state index contributed by atoms with van der Waals surface area (Å²) in [7, 11) is -4.16. The van der Waals surface area contributed by atoms with E-state index in [1.54, 1.807) is 4.90 Å². The molecule has 1 saturated heterocycles. The standard InChI is InChI=1S/C26H25ClFN3O3S/c1-2-14-31(23-11-9-21(28)10-12-23)35(33,34)25-19-20(8-13-24(25)27)26(32)30-17-15-29(16-18-30)22-6-4-3-5-7-22/h2-13,19H,1,14-18H2. The van der Waals surface area contributed by atoms with Gasteiger partial charge in [0.25, 0.3) is 15.9 Å². The zero-order valence-corrected chi connectivity index (χ0v) is 20.6. The van der Waals surface area contributed by atoms with Gasteiger partial charge >= 0.3 is 0 Å². The third-order valence-corrected chi connectivity index (χ3v) is 8.12. The molecule has 35 heavy (non-hydrogen) atoms. The highest BCUT2D eigenvalue weighted by Gasteiger charge is 2.29. The second-order valence-corrected chi connectivity index (χ2v) is 10.3. The number of piperazine rings is 1. The fourth-order valence-corrected chi connectivity index (χ4v) is 5.95. The first-order valence-corrected chi connectivity index (χ1v) is 12.9. The fourth-order valence-electron chi connectivity index (χ4n) is 4.01. The Labute approximate surface area is 209 Å². The van der Waals surface area contributed by atoms with Gasteiger partial charge in [-0.2, -0.15) is 0 Å². The normalized spacial score (nSPS) is 14.0. The van der Waals surface area contributed by atoms with Crippen LogP contribution < -0.4 is 9.21 Å². The number of amides is 1. The van der Waals surface area contributed by atoms with Crippen molar-refractivity contribution in [1.82, 2.24) is 4.90 Å². The smallest absolute Gasteiger partial charge is 0.266 e. The van der Waals surface area contributed by atoms with Gasteiger partial charge in [0, 0.05) is 37.4 Å². The Kier molecular flexibility index (Phi) is 7.42. The SMILES string of the molecule is C=CCN(c1ccc(F)cc1)S(=O)(=O)c1cc(C(=O)N2CCN(c3ccccc3)CC2)ccc1Cl. The van der Waals surface area contributed by atoms with Crippen molar-refractivity contribution in [1.29, 1.82) is 0 Å². The van der Waals surface area contributed by atoms with E-state index >= 15 is 0 Å². The lowest BCUT2D eigenvalue weighted by Crippen LogP contribution is -2.48. The summed E-state index contributed by atoms with van der Waals surface area (Å²) in [5.41, 5.74) is 1.59. The summed E-state index contributed by atoms with van der Waals surface area (Å²) >= 11 is 6.29. The molecule has 1 heterocycles. The van der Waals surface area contributed by atoms with Gasteiger partial charge in [-0.1, -0.05) is 35.9 Å². The number of nitrogens with zero attached hydrogens (tertiary/aromatic N) is 3. The molecule has 0 radical (unpaired) electrons. The van der Waals surface area contributed by atoms with Crippen molar-refractivity contribution in [3.05, 3.63) is 102 Å². The monoisotopic (exact) mass is 513 g/mol. The summed E-state index contributed by atoms with van der Waals surface area (Å²) in [6, 6.07) is 19.3. The molecule has 9 heteroatoms. The van der Waals surface area contributed by atoms with Crippen LogP contribution in [0.15, 0.2) is 90.3 Å². The molecule has 1 amide bonds. The van der Waals surface area contributed by atoms with Crippen LogP contribution in [-0.4, -0.2) is 51.9 Å². The lowest BCUT2D eigenvalue weighted by atomic mass is 10.1. The molecule has 3 aromatic carbocycles. The van der Waals surface area contributed by atoms with E-state index in [-0.39, 0.29) is 33.6 Å². The molecule has 0 unspecified atom stereocenters. The number of carbonyl (C=O) groups is 1. The number of benzene rings is 3. The molecule has 1 aliphatic rings. The highest BCUT2D eigenvalue weighted by molar-refractivity contribution is 7.93.